The lowest BCUT2D eigenvalue weighted by Crippen LogP contribution is -2.39. The minimum absolute atomic E-state index is 0.0328. The van der Waals surface area contributed by atoms with Gasteiger partial charge in [-0.3, -0.25) is 4.90 Å². The largest absolute Gasteiger partial charge is 0.507 e. The molecule has 1 fully saturated rings. The van der Waals surface area contributed by atoms with Crippen molar-refractivity contribution >= 4 is 0 Å². The number of benzene rings is 2. The Bertz CT molecular complexity index is 683. The molecule has 4 rings (SSSR count). The van der Waals surface area contributed by atoms with Crippen LogP contribution in [0.3, 0.4) is 0 Å². The predicted molar refractivity (Wildman–Crippen MR) is 84.9 cm³/mol. The summed E-state index contributed by atoms with van der Waals surface area (Å²) in [7, 11) is 0. The molecular formula is C18H19NO4. The highest BCUT2D eigenvalue weighted by Crippen LogP contribution is 2.43. The summed E-state index contributed by atoms with van der Waals surface area (Å²) in [5.74, 6) is 1.52. The molecule has 0 amide bonds. The number of phenolic OH excluding ortho intramolecular Hbond substituents is 1. The van der Waals surface area contributed by atoms with Crippen molar-refractivity contribution in [2.45, 2.75) is 6.04 Å². The minimum Gasteiger partial charge on any atom is -0.507 e. The highest BCUT2D eigenvalue weighted by Gasteiger charge is 2.29. The van der Waals surface area contributed by atoms with Gasteiger partial charge in [0.25, 0.3) is 0 Å². The first-order chi connectivity index (χ1) is 11.3. The van der Waals surface area contributed by atoms with Crippen LogP contribution in [0, 0.1) is 0 Å². The van der Waals surface area contributed by atoms with Crippen molar-refractivity contribution in [3.8, 4) is 17.2 Å². The monoisotopic (exact) mass is 313 g/mol. The highest BCUT2D eigenvalue weighted by molar-refractivity contribution is 5.54. The van der Waals surface area contributed by atoms with E-state index >= 15 is 0 Å². The first-order valence-electron chi connectivity index (χ1n) is 7.82. The SMILES string of the molecule is Oc1cc2c(cc1[C@H](c1ccccc1)N1CCOCC1)OCO2. The number of phenols is 1. The Kier molecular flexibility index (Phi) is 3.81. The highest BCUT2D eigenvalue weighted by atomic mass is 16.7. The fourth-order valence-corrected chi connectivity index (χ4v) is 3.22. The Hall–Kier alpha value is -2.24. The topological polar surface area (TPSA) is 51.2 Å². The molecule has 2 aromatic carbocycles. The van der Waals surface area contributed by atoms with E-state index < -0.39 is 0 Å². The maximum Gasteiger partial charge on any atom is 0.231 e. The number of aromatic hydroxyl groups is 1. The fraction of sp³-hybridized carbons (Fsp3) is 0.333. The zero-order valence-corrected chi connectivity index (χ0v) is 12.8. The number of rotatable bonds is 3. The lowest BCUT2D eigenvalue weighted by Gasteiger charge is -2.35. The van der Waals surface area contributed by atoms with E-state index in [2.05, 4.69) is 17.0 Å². The molecule has 2 heterocycles. The summed E-state index contributed by atoms with van der Waals surface area (Å²) in [5.41, 5.74) is 1.98. The van der Waals surface area contributed by atoms with Crippen LogP contribution in [0.4, 0.5) is 0 Å². The molecule has 0 aromatic heterocycles. The molecule has 0 bridgehead atoms. The Morgan fingerprint density at radius 2 is 1.65 bits per heavy atom. The smallest absolute Gasteiger partial charge is 0.231 e. The van der Waals surface area contributed by atoms with Crippen molar-refractivity contribution in [1.82, 2.24) is 4.90 Å². The quantitative estimate of drug-likeness (QED) is 0.944. The van der Waals surface area contributed by atoms with Crippen LogP contribution in [0.25, 0.3) is 0 Å². The first kappa shape index (κ1) is 14.4. The van der Waals surface area contributed by atoms with Crippen LogP contribution in [0.2, 0.25) is 0 Å². The number of ether oxygens (including phenoxy) is 3. The van der Waals surface area contributed by atoms with Crippen LogP contribution in [-0.4, -0.2) is 43.1 Å². The maximum atomic E-state index is 10.5. The molecule has 23 heavy (non-hydrogen) atoms. The van der Waals surface area contributed by atoms with Crippen LogP contribution in [0.1, 0.15) is 17.2 Å². The predicted octanol–water partition coefficient (Wildman–Crippen LogP) is 2.54. The molecule has 0 spiro atoms. The lowest BCUT2D eigenvalue weighted by atomic mass is 9.95. The van der Waals surface area contributed by atoms with E-state index in [1.54, 1.807) is 6.07 Å². The number of morpholine rings is 1. The zero-order chi connectivity index (χ0) is 15.6. The average Bonchev–Trinajstić information content (AvgIpc) is 3.04. The average molecular weight is 313 g/mol. The van der Waals surface area contributed by atoms with E-state index in [-0.39, 0.29) is 18.6 Å². The third-order valence-corrected chi connectivity index (χ3v) is 4.34. The van der Waals surface area contributed by atoms with Crippen molar-refractivity contribution in [2.24, 2.45) is 0 Å². The van der Waals surface area contributed by atoms with Gasteiger partial charge in [-0.1, -0.05) is 30.3 Å². The van der Waals surface area contributed by atoms with E-state index in [1.807, 2.05) is 24.3 Å². The van der Waals surface area contributed by atoms with Gasteiger partial charge in [-0.05, 0) is 11.6 Å². The fourth-order valence-electron chi connectivity index (χ4n) is 3.22. The molecule has 0 saturated carbocycles. The van der Waals surface area contributed by atoms with Crippen molar-refractivity contribution in [1.29, 1.82) is 0 Å². The molecule has 1 saturated heterocycles. The second kappa shape index (κ2) is 6.10. The van der Waals surface area contributed by atoms with Gasteiger partial charge in [0.2, 0.25) is 6.79 Å². The third-order valence-electron chi connectivity index (χ3n) is 4.34. The molecule has 0 aliphatic carbocycles. The molecule has 1 atom stereocenters. The second-order valence-electron chi connectivity index (χ2n) is 5.73. The molecule has 5 heteroatoms. The van der Waals surface area contributed by atoms with Gasteiger partial charge in [0, 0.05) is 24.7 Å². The standard InChI is InChI=1S/C18H19NO4/c20-15-11-17-16(22-12-23-17)10-14(15)18(13-4-2-1-3-5-13)19-6-8-21-9-7-19/h1-5,10-11,18,20H,6-9,12H2/t18-/m0/s1. The number of hydrogen-bond donors (Lipinski definition) is 1. The van der Waals surface area contributed by atoms with Gasteiger partial charge >= 0.3 is 0 Å². The summed E-state index contributed by atoms with van der Waals surface area (Å²) < 4.78 is 16.3. The third kappa shape index (κ3) is 2.73. The normalized spacial score (nSPS) is 18.8. The maximum absolute atomic E-state index is 10.5. The molecular weight excluding hydrogens is 294 g/mol. The first-order valence-corrected chi connectivity index (χ1v) is 7.82. The van der Waals surface area contributed by atoms with Crippen molar-refractivity contribution in [3.63, 3.8) is 0 Å². The molecule has 5 nitrogen and oxygen atoms in total. The van der Waals surface area contributed by atoms with Gasteiger partial charge in [-0.15, -0.1) is 0 Å². The van der Waals surface area contributed by atoms with E-state index in [4.69, 9.17) is 14.2 Å². The van der Waals surface area contributed by atoms with Crippen LogP contribution in [0.5, 0.6) is 17.2 Å². The summed E-state index contributed by atoms with van der Waals surface area (Å²) >= 11 is 0. The molecule has 2 aliphatic heterocycles. The van der Waals surface area contributed by atoms with E-state index in [0.717, 1.165) is 24.2 Å². The van der Waals surface area contributed by atoms with Gasteiger partial charge in [-0.25, -0.2) is 0 Å². The molecule has 1 N–H and O–H groups in total. The summed E-state index contributed by atoms with van der Waals surface area (Å²) in [6, 6.07) is 13.7. The van der Waals surface area contributed by atoms with Crippen molar-refractivity contribution < 1.29 is 19.3 Å². The van der Waals surface area contributed by atoms with Crippen LogP contribution in [-0.2, 0) is 4.74 Å². The second-order valence-corrected chi connectivity index (χ2v) is 5.73. The summed E-state index contributed by atoms with van der Waals surface area (Å²) in [5, 5.41) is 10.5. The van der Waals surface area contributed by atoms with Crippen molar-refractivity contribution in [3.05, 3.63) is 53.6 Å². The Morgan fingerprint density at radius 3 is 2.39 bits per heavy atom. The molecule has 0 unspecified atom stereocenters. The Labute approximate surface area is 135 Å². The summed E-state index contributed by atoms with van der Waals surface area (Å²) in [6.45, 7) is 3.26. The van der Waals surface area contributed by atoms with Crippen LogP contribution >= 0.6 is 0 Å². The number of fused-ring (bicyclic) bond motifs is 1. The summed E-state index contributed by atoms with van der Waals surface area (Å²) in [4.78, 5) is 2.33. The van der Waals surface area contributed by atoms with Crippen molar-refractivity contribution in [2.75, 3.05) is 33.1 Å². The van der Waals surface area contributed by atoms with E-state index in [0.29, 0.717) is 24.7 Å². The summed E-state index contributed by atoms with van der Waals surface area (Å²) in [6.07, 6.45) is 0. The Balaban J connectivity index is 1.79. The lowest BCUT2D eigenvalue weighted by molar-refractivity contribution is 0.0235. The van der Waals surface area contributed by atoms with Gasteiger partial charge < -0.3 is 19.3 Å². The Morgan fingerprint density at radius 1 is 0.957 bits per heavy atom. The zero-order valence-electron chi connectivity index (χ0n) is 12.8. The molecule has 2 aliphatic rings. The number of hydrogen-bond acceptors (Lipinski definition) is 5. The van der Waals surface area contributed by atoms with Gasteiger partial charge in [0.15, 0.2) is 11.5 Å². The number of nitrogens with zero attached hydrogens (tertiary/aromatic N) is 1. The van der Waals surface area contributed by atoms with Crippen LogP contribution in [0.15, 0.2) is 42.5 Å². The van der Waals surface area contributed by atoms with Gasteiger partial charge in [0.05, 0.1) is 19.3 Å². The molecule has 2 aromatic rings. The van der Waals surface area contributed by atoms with Gasteiger partial charge in [0.1, 0.15) is 5.75 Å². The van der Waals surface area contributed by atoms with E-state index in [9.17, 15) is 5.11 Å². The van der Waals surface area contributed by atoms with Gasteiger partial charge in [-0.2, -0.15) is 0 Å². The molecule has 0 radical (unpaired) electrons. The van der Waals surface area contributed by atoms with Crippen LogP contribution < -0.4 is 9.47 Å². The minimum atomic E-state index is -0.0328. The van der Waals surface area contributed by atoms with E-state index in [1.165, 1.54) is 0 Å². The molecule has 120 valence electrons.